The second-order valence-corrected chi connectivity index (χ2v) is 6.68. The summed E-state index contributed by atoms with van der Waals surface area (Å²) in [6.45, 7) is 1.00. The zero-order valence-corrected chi connectivity index (χ0v) is 12.4. The van der Waals surface area contributed by atoms with Gasteiger partial charge < -0.3 is 10.6 Å². The van der Waals surface area contributed by atoms with Crippen LogP contribution < -0.4 is 10.6 Å². The van der Waals surface area contributed by atoms with Crippen molar-refractivity contribution in [3.8, 4) is 0 Å². The summed E-state index contributed by atoms with van der Waals surface area (Å²) in [5, 5.41) is 5.59. The van der Waals surface area contributed by atoms with Gasteiger partial charge in [-0.3, -0.25) is 4.79 Å². The van der Waals surface area contributed by atoms with Crippen molar-refractivity contribution in [3.63, 3.8) is 0 Å². The van der Waals surface area contributed by atoms with E-state index in [0.717, 1.165) is 6.42 Å². The first-order valence-electron chi connectivity index (χ1n) is 6.48. The van der Waals surface area contributed by atoms with Crippen LogP contribution >= 0.6 is 0 Å². The zero-order chi connectivity index (χ0) is 14.8. The number of nitrogens with one attached hydrogen (secondary N) is 2. The fourth-order valence-electron chi connectivity index (χ4n) is 2.25. The number of nitrogens with zero attached hydrogens (tertiary/aromatic N) is 1. The number of sulfonamides is 1. The van der Waals surface area contributed by atoms with Crippen molar-refractivity contribution < 1.29 is 13.2 Å². The molecule has 2 rings (SSSR count). The molecule has 1 unspecified atom stereocenters. The number of likely N-dealkylation sites (N-methyl/N-ethyl adjacent to an activating group) is 1. The van der Waals surface area contributed by atoms with Crippen molar-refractivity contribution in [2.45, 2.75) is 17.4 Å². The molecular weight excluding hydrogens is 278 g/mol. The number of hydrogen-bond donors (Lipinski definition) is 2. The smallest absolute Gasteiger partial charge is 0.251 e. The largest absolute Gasteiger partial charge is 0.355 e. The Hall–Kier alpha value is -1.44. The van der Waals surface area contributed by atoms with E-state index in [0.29, 0.717) is 18.7 Å². The normalized spacial score (nSPS) is 20.0. The van der Waals surface area contributed by atoms with Gasteiger partial charge in [0.25, 0.3) is 5.91 Å². The molecule has 0 bridgehead atoms. The molecule has 1 saturated heterocycles. The molecule has 1 aliphatic heterocycles. The van der Waals surface area contributed by atoms with E-state index in [2.05, 4.69) is 10.6 Å². The van der Waals surface area contributed by atoms with Crippen LogP contribution in [0.2, 0.25) is 0 Å². The van der Waals surface area contributed by atoms with Crippen molar-refractivity contribution in [2.24, 2.45) is 0 Å². The van der Waals surface area contributed by atoms with E-state index in [4.69, 9.17) is 0 Å². The molecule has 6 nitrogen and oxygen atoms in total. The molecule has 0 saturated carbocycles. The van der Waals surface area contributed by atoms with Gasteiger partial charge in [0.2, 0.25) is 10.0 Å². The second-order valence-electron chi connectivity index (χ2n) is 4.74. The SMILES string of the molecule is CNC(=O)c1ccc(S(=O)(=O)N2CCC(NC)C2)cc1. The standard InChI is InChI=1S/C13H19N3O3S/c1-14-11-7-8-16(9-11)20(18,19)12-5-3-10(4-6-12)13(17)15-2/h3-6,11,14H,7-9H2,1-2H3,(H,15,17). The molecule has 7 heteroatoms. The summed E-state index contributed by atoms with van der Waals surface area (Å²) < 4.78 is 26.4. The van der Waals surface area contributed by atoms with Crippen molar-refractivity contribution in [1.82, 2.24) is 14.9 Å². The molecule has 0 spiro atoms. The number of rotatable bonds is 4. The Kier molecular flexibility index (Phi) is 4.42. The molecular formula is C13H19N3O3S. The van der Waals surface area contributed by atoms with Crippen molar-refractivity contribution in [1.29, 1.82) is 0 Å². The van der Waals surface area contributed by atoms with Crippen LogP contribution in [0, 0.1) is 0 Å². The first kappa shape index (κ1) is 15.0. The van der Waals surface area contributed by atoms with Gasteiger partial charge in [0, 0.05) is 31.7 Å². The summed E-state index contributed by atoms with van der Waals surface area (Å²) in [7, 11) is -0.100. The van der Waals surface area contributed by atoms with Gasteiger partial charge in [-0.15, -0.1) is 0 Å². The van der Waals surface area contributed by atoms with Gasteiger partial charge >= 0.3 is 0 Å². The molecule has 1 heterocycles. The third kappa shape index (κ3) is 2.84. The highest BCUT2D eigenvalue weighted by atomic mass is 32.2. The topological polar surface area (TPSA) is 78.5 Å². The Morgan fingerprint density at radius 2 is 1.90 bits per heavy atom. The van der Waals surface area contributed by atoms with E-state index in [1.54, 1.807) is 0 Å². The molecule has 1 amide bonds. The Morgan fingerprint density at radius 3 is 2.40 bits per heavy atom. The predicted molar refractivity (Wildman–Crippen MR) is 76.1 cm³/mol. The van der Waals surface area contributed by atoms with Gasteiger partial charge in [-0.25, -0.2) is 8.42 Å². The maximum Gasteiger partial charge on any atom is 0.251 e. The lowest BCUT2D eigenvalue weighted by molar-refractivity contribution is 0.0963. The Bertz CT molecular complexity index is 583. The molecule has 1 aromatic rings. The minimum atomic E-state index is -3.47. The molecule has 0 aromatic heterocycles. The lowest BCUT2D eigenvalue weighted by atomic mass is 10.2. The van der Waals surface area contributed by atoms with E-state index in [1.165, 1.54) is 35.6 Å². The molecule has 0 aliphatic carbocycles. The van der Waals surface area contributed by atoms with Gasteiger partial charge in [-0.05, 0) is 37.7 Å². The molecule has 1 aromatic carbocycles. The van der Waals surface area contributed by atoms with Gasteiger partial charge in [0.15, 0.2) is 0 Å². The zero-order valence-electron chi connectivity index (χ0n) is 11.6. The fourth-order valence-corrected chi connectivity index (χ4v) is 3.75. The molecule has 20 heavy (non-hydrogen) atoms. The fraction of sp³-hybridized carbons (Fsp3) is 0.462. The Morgan fingerprint density at radius 1 is 1.25 bits per heavy atom. The van der Waals surface area contributed by atoms with Gasteiger partial charge in [-0.1, -0.05) is 0 Å². The first-order chi connectivity index (χ1) is 9.48. The van der Waals surface area contributed by atoms with Crippen molar-refractivity contribution in [2.75, 3.05) is 27.2 Å². The highest BCUT2D eigenvalue weighted by Gasteiger charge is 2.31. The van der Waals surface area contributed by atoms with Crippen LogP contribution in [0.5, 0.6) is 0 Å². The minimum absolute atomic E-state index is 0.204. The molecule has 1 fully saturated rings. The third-order valence-corrected chi connectivity index (χ3v) is 5.42. The predicted octanol–water partition coefficient (Wildman–Crippen LogP) is 0.0286. The van der Waals surface area contributed by atoms with E-state index in [-0.39, 0.29) is 16.8 Å². The maximum atomic E-state index is 12.4. The average molecular weight is 297 g/mol. The second kappa shape index (κ2) is 5.90. The van der Waals surface area contributed by atoms with Crippen LogP contribution in [0.3, 0.4) is 0 Å². The van der Waals surface area contributed by atoms with Crippen LogP contribution in [-0.2, 0) is 10.0 Å². The number of hydrogen-bond acceptors (Lipinski definition) is 4. The third-order valence-electron chi connectivity index (χ3n) is 3.54. The van der Waals surface area contributed by atoms with E-state index in [1.807, 2.05) is 7.05 Å². The van der Waals surface area contributed by atoms with Crippen molar-refractivity contribution in [3.05, 3.63) is 29.8 Å². The monoisotopic (exact) mass is 297 g/mol. The number of carbonyl (C=O) groups excluding carboxylic acids is 1. The summed E-state index contributed by atoms with van der Waals surface area (Å²) >= 11 is 0. The molecule has 2 N–H and O–H groups in total. The quantitative estimate of drug-likeness (QED) is 0.822. The summed E-state index contributed by atoms with van der Waals surface area (Å²) in [4.78, 5) is 11.7. The number of carbonyl (C=O) groups is 1. The van der Waals surface area contributed by atoms with Crippen LogP contribution in [-0.4, -0.2) is 51.9 Å². The van der Waals surface area contributed by atoms with Crippen LogP contribution in [0.4, 0.5) is 0 Å². The lowest BCUT2D eigenvalue weighted by Crippen LogP contribution is -2.33. The Balaban J connectivity index is 2.20. The molecule has 0 radical (unpaired) electrons. The van der Waals surface area contributed by atoms with Gasteiger partial charge in [0.05, 0.1) is 4.90 Å². The van der Waals surface area contributed by atoms with Crippen LogP contribution in [0.25, 0.3) is 0 Å². The summed E-state index contributed by atoms with van der Waals surface area (Å²) in [5.74, 6) is -0.231. The summed E-state index contributed by atoms with van der Waals surface area (Å²) in [6, 6.07) is 6.21. The first-order valence-corrected chi connectivity index (χ1v) is 7.92. The molecule has 1 aliphatic rings. The van der Waals surface area contributed by atoms with Gasteiger partial charge in [-0.2, -0.15) is 4.31 Å². The van der Waals surface area contributed by atoms with E-state index < -0.39 is 10.0 Å². The lowest BCUT2D eigenvalue weighted by Gasteiger charge is -2.16. The highest BCUT2D eigenvalue weighted by Crippen LogP contribution is 2.21. The number of benzene rings is 1. The van der Waals surface area contributed by atoms with E-state index in [9.17, 15) is 13.2 Å². The summed E-state index contributed by atoms with van der Waals surface area (Å²) in [6.07, 6.45) is 0.812. The van der Waals surface area contributed by atoms with Crippen LogP contribution in [0.1, 0.15) is 16.8 Å². The highest BCUT2D eigenvalue weighted by molar-refractivity contribution is 7.89. The molecule has 110 valence electrons. The molecule has 1 atom stereocenters. The van der Waals surface area contributed by atoms with Crippen LogP contribution in [0.15, 0.2) is 29.2 Å². The summed E-state index contributed by atoms with van der Waals surface area (Å²) in [5.41, 5.74) is 0.445. The maximum absolute atomic E-state index is 12.4. The minimum Gasteiger partial charge on any atom is -0.355 e. The van der Waals surface area contributed by atoms with E-state index >= 15 is 0 Å². The average Bonchev–Trinajstić information content (AvgIpc) is 2.96. The van der Waals surface area contributed by atoms with Gasteiger partial charge in [0.1, 0.15) is 0 Å². The Labute approximate surface area is 119 Å². The van der Waals surface area contributed by atoms with Crippen molar-refractivity contribution >= 4 is 15.9 Å². The number of amides is 1.